The maximum absolute atomic E-state index is 10.4. The van der Waals surface area contributed by atoms with Crippen molar-refractivity contribution in [3.05, 3.63) is 22.7 Å². The molecule has 0 aliphatic heterocycles. The van der Waals surface area contributed by atoms with Crippen LogP contribution in [0.25, 0.3) is 0 Å². The number of anilines is 1. The molecule has 1 aromatic heterocycles. The molecule has 48 valence electrons. The second-order valence-corrected chi connectivity index (χ2v) is 1.42. The number of hydrogen-bond donors (Lipinski definition) is 3. The van der Waals surface area contributed by atoms with Crippen LogP contribution in [0.1, 0.15) is 0 Å². The summed E-state index contributed by atoms with van der Waals surface area (Å²) in [5.74, 6) is 5.31. The van der Waals surface area contributed by atoms with Crippen LogP contribution in [0.5, 0.6) is 0 Å². The highest BCUT2D eigenvalue weighted by Crippen LogP contribution is 1.89. The average molecular weight is 126 g/mol. The van der Waals surface area contributed by atoms with E-state index in [-0.39, 0.29) is 0 Å². The first-order valence-corrected chi connectivity index (χ1v) is 2.35. The van der Waals surface area contributed by atoms with Crippen LogP contribution in [0.2, 0.25) is 0 Å². The predicted molar refractivity (Wildman–Crippen MR) is 32.7 cm³/mol. The molecule has 0 amide bonds. The molecule has 0 bridgehead atoms. The summed E-state index contributed by atoms with van der Waals surface area (Å²) in [6, 6.07) is 1.56. The van der Waals surface area contributed by atoms with Gasteiger partial charge in [-0.3, -0.25) is 0 Å². The van der Waals surface area contributed by atoms with Crippen LogP contribution in [0.15, 0.2) is 17.1 Å². The SMILES string of the molecule is NNc1cc[nH]c(=O)n1. The minimum Gasteiger partial charge on any atom is -0.313 e. The van der Waals surface area contributed by atoms with Crippen LogP contribution < -0.4 is 17.0 Å². The Morgan fingerprint density at radius 2 is 2.56 bits per heavy atom. The fourth-order valence-electron chi connectivity index (χ4n) is 0.451. The van der Waals surface area contributed by atoms with Crippen molar-refractivity contribution < 1.29 is 0 Å². The third-order valence-corrected chi connectivity index (χ3v) is 0.818. The van der Waals surface area contributed by atoms with Gasteiger partial charge in [-0.2, -0.15) is 4.98 Å². The van der Waals surface area contributed by atoms with E-state index < -0.39 is 5.69 Å². The van der Waals surface area contributed by atoms with Crippen molar-refractivity contribution in [3.8, 4) is 0 Å². The monoisotopic (exact) mass is 126 g/mol. The maximum atomic E-state index is 10.4. The van der Waals surface area contributed by atoms with Gasteiger partial charge in [0, 0.05) is 6.20 Å². The first-order valence-electron chi connectivity index (χ1n) is 2.35. The summed E-state index contributed by atoms with van der Waals surface area (Å²) in [4.78, 5) is 16.2. The van der Waals surface area contributed by atoms with Crippen molar-refractivity contribution in [1.82, 2.24) is 9.97 Å². The standard InChI is InChI=1S/C4H6N4O/c5-8-3-1-2-6-4(9)7-3/h1-2H,5H2,(H2,6,7,8,9). The molecule has 4 N–H and O–H groups in total. The largest absolute Gasteiger partial charge is 0.346 e. The Labute approximate surface area is 50.9 Å². The van der Waals surface area contributed by atoms with Crippen LogP contribution in [0.3, 0.4) is 0 Å². The topological polar surface area (TPSA) is 83.8 Å². The van der Waals surface area contributed by atoms with Gasteiger partial charge in [-0.05, 0) is 6.07 Å². The lowest BCUT2D eigenvalue weighted by molar-refractivity contribution is 1.06. The number of nitrogens with zero attached hydrogens (tertiary/aromatic N) is 1. The molecule has 0 aromatic carbocycles. The molecule has 0 atom stereocenters. The molecular formula is C4H6N4O. The third-order valence-electron chi connectivity index (χ3n) is 0.818. The molecule has 0 radical (unpaired) electrons. The normalized spacial score (nSPS) is 9.00. The molecule has 1 rings (SSSR count). The Bertz CT molecular complexity index is 242. The van der Waals surface area contributed by atoms with E-state index in [1.165, 1.54) is 6.20 Å². The van der Waals surface area contributed by atoms with Gasteiger partial charge in [0.05, 0.1) is 0 Å². The second kappa shape index (κ2) is 2.27. The van der Waals surface area contributed by atoms with Crippen molar-refractivity contribution >= 4 is 5.82 Å². The summed E-state index contributed by atoms with van der Waals surface area (Å²) in [5.41, 5.74) is 1.83. The summed E-state index contributed by atoms with van der Waals surface area (Å²) in [6.07, 6.45) is 1.46. The first-order chi connectivity index (χ1) is 4.33. The van der Waals surface area contributed by atoms with Crippen molar-refractivity contribution in [2.24, 2.45) is 5.84 Å². The van der Waals surface area contributed by atoms with Crippen molar-refractivity contribution in [1.29, 1.82) is 0 Å². The van der Waals surface area contributed by atoms with E-state index in [1.807, 2.05) is 0 Å². The molecule has 9 heavy (non-hydrogen) atoms. The van der Waals surface area contributed by atoms with E-state index in [4.69, 9.17) is 5.84 Å². The Hall–Kier alpha value is -1.36. The second-order valence-electron chi connectivity index (χ2n) is 1.42. The molecule has 0 fully saturated rings. The predicted octanol–water partition coefficient (Wildman–Crippen LogP) is -0.945. The lowest BCUT2D eigenvalue weighted by Gasteiger charge is -1.92. The fourth-order valence-corrected chi connectivity index (χ4v) is 0.451. The van der Waals surface area contributed by atoms with Gasteiger partial charge in [-0.15, -0.1) is 0 Å². The molecule has 0 saturated heterocycles. The Balaban J connectivity index is 3.08. The van der Waals surface area contributed by atoms with Crippen molar-refractivity contribution in [3.63, 3.8) is 0 Å². The van der Waals surface area contributed by atoms with Gasteiger partial charge in [0.25, 0.3) is 0 Å². The zero-order valence-electron chi connectivity index (χ0n) is 4.59. The lowest BCUT2D eigenvalue weighted by atomic mass is 10.6. The number of nitrogen functional groups attached to an aromatic ring is 1. The molecule has 5 nitrogen and oxygen atoms in total. The number of hydrazine groups is 1. The lowest BCUT2D eigenvalue weighted by Crippen LogP contribution is -2.15. The Morgan fingerprint density at radius 1 is 1.78 bits per heavy atom. The van der Waals surface area contributed by atoms with Gasteiger partial charge in [-0.25, -0.2) is 10.6 Å². The summed E-state index contributed by atoms with van der Waals surface area (Å²) in [7, 11) is 0. The van der Waals surface area contributed by atoms with Crippen LogP contribution in [-0.2, 0) is 0 Å². The highest BCUT2D eigenvalue weighted by molar-refractivity contribution is 5.28. The average Bonchev–Trinajstić information content (AvgIpc) is 1.88. The van der Waals surface area contributed by atoms with E-state index in [1.54, 1.807) is 6.07 Å². The molecule has 1 aromatic rings. The number of nitrogens with two attached hydrogens (primary N) is 1. The molecular weight excluding hydrogens is 120 g/mol. The molecule has 0 unspecified atom stereocenters. The van der Waals surface area contributed by atoms with E-state index in [2.05, 4.69) is 15.4 Å². The summed E-state index contributed by atoms with van der Waals surface area (Å²) in [5, 5.41) is 0. The van der Waals surface area contributed by atoms with Crippen LogP contribution in [-0.4, -0.2) is 9.97 Å². The first kappa shape index (κ1) is 5.77. The third kappa shape index (κ3) is 1.26. The van der Waals surface area contributed by atoms with E-state index >= 15 is 0 Å². The number of aromatic nitrogens is 2. The van der Waals surface area contributed by atoms with Gasteiger partial charge in [-0.1, -0.05) is 0 Å². The Morgan fingerprint density at radius 3 is 3.00 bits per heavy atom. The molecule has 0 aliphatic rings. The van der Waals surface area contributed by atoms with Gasteiger partial charge >= 0.3 is 5.69 Å². The molecule has 5 heteroatoms. The van der Waals surface area contributed by atoms with Crippen molar-refractivity contribution in [2.45, 2.75) is 0 Å². The number of H-pyrrole nitrogens is 1. The molecule has 0 aliphatic carbocycles. The molecule has 1 heterocycles. The van der Waals surface area contributed by atoms with Crippen molar-refractivity contribution in [2.75, 3.05) is 5.43 Å². The fraction of sp³-hybridized carbons (Fsp3) is 0. The summed E-state index contributed by atoms with van der Waals surface area (Å²) in [6.45, 7) is 0. The minimum atomic E-state index is -0.412. The number of aromatic amines is 1. The number of nitrogens with one attached hydrogen (secondary N) is 2. The van der Waals surface area contributed by atoms with E-state index in [9.17, 15) is 4.79 Å². The minimum absolute atomic E-state index is 0.360. The highest BCUT2D eigenvalue weighted by atomic mass is 16.1. The van der Waals surface area contributed by atoms with E-state index in [0.29, 0.717) is 5.82 Å². The molecule has 0 spiro atoms. The zero-order chi connectivity index (χ0) is 6.69. The summed E-state index contributed by atoms with van der Waals surface area (Å²) < 4.78 is 0. The quantitative estimate of drug-likeness (QED) is 0.335. The van der Waals surface area contributed by atoms with Crippen LogP contribution >= 0.6 is 0 Å². The van der Waals surface area contributed by atoms with Gasteiger partial charge < -0.3 is 10.4 Å². The van der Waals surface area contributed by atoms with Crippen LogP contribution in [0.4, 0.5) is 5.82 Å². The van der Waals surface area contributed by atoms with Crippen LogP contribution in [0, 0.1) is 0 Å². The molecule has 0 saturated carbocycles. The maximum Gasteiger partial charge on any atom is 0.346 e. The van der Waals surface area contributed by atoms with E-state index in [0.717, 1.165) is 0 Å². The van der Waals surface area contributed by atoms with Gasteiger partial charge in [0.2, 0.25) is 0 Å². The Kier molecular flexibility index (Phi) is 1.46. The highest BCUT2D eigenvalue weighted by Gasteiger charge is 1.86. The summed E-state index contributed by atoms with van der Waals surface area (Å²) >= 11 is 0. The zero-order valence-corrected chi connectivity index (χ0v) is 4.59. The van der Waals surface area contributed by atoms with Gasteiger partial charge in [0.15, 0.2) is 0 Å². The smallest absolute Gasteiger partial charge is 0.313 e. The number of hydrogen-bond acceptors (Lipinski definition) is 4. The number of rotatable bonds is 1. The van der Waals surface area contributed by atoms with Gasteiger partial charge in [0.1, 0.15) is 5.82 Å².